The Labute approximate surface area is 233 Å². The quantitative estimate of drug-likeness (QED) is 0.209. The molecule has 0 saturated carbocycles. The third-order valence-corrected chi connectivity index (χ3v) is 7.48. The Balaban J connectivity index is 1.31. The normalized spacial score (nSPS) is 13.3. The van der Waals surface area contributed by atoms with Gasteiger partial charge in [-0.05, 0) is 51.6 Å². The lowest BCUT2D eigenvalue weighted by atomic mass is 9.93. The van der Waals surface area contributed by atoms with Gasteiger partial charge in [0, 0.05) is 30.9 Å². The highest BCUT2D eigenvalue weighted by Crippen LogP contribution is 2.34. The minimum absolute atomic E-state index is 0.141. The van der Waals surface area contributed by atoms with Crippen molar-refractivity contribution in [2.45, 2.75) is 39.2 Å². The van der Waals surface area contributed by atoms with E-state index < -0.39 is 0 Å². The molecule has 0 spiro atoms. The number of imidazole rings is 1. The number of ketones is 1. The SMILES string of the molecule is CCCCc1ncc(C(=O)CC2COC2)n1Cc1ccc(-c2cc(-c3ccccc3)ccc2-c2nn[nH]n2)cc1. The number of ether oxygens (including phenoxy) is 1. The van der Waals surface area contributed by atoms with E-state index in [2.05, 4.69) is 85.6 Å². The highest BCUT2D eigenvalue weighted by atomic mass is 16.5. The molecular formula is C32H32N6O2. The Kier molecular flexibility index (Phi) is 7.59. The first-order chi connectivity index (χ1) is 19.7. The van der Waals surface area contributed by atoms with Gasteiger partial charge in [-0.25, -0.2) is 4.98 Å². The molecule has 6 rings (SSSR count). The molecule has 8 heteroatoms. The van der Waals surface area contributed by atoms with Crippen molar-refractivity contribution in [3.05, 3.63) is 96.1 Å². The van der Waals surface area contributed by atoms with Gasteiger partial charge in [0.2, 0.25) is 5.82 Å². The number of benzene rings is 3. The molecule has 40 heavy (non-hydrogen) atoms. The topological polar surface area (TPSA) is 98.6 Å². The van der Waals surface area contributed by atoms with Crippen LogP contribution in [0.3, 0.4) is 0 Å². The van der Waals surface area contributed by atoms with Crippen molar-refractivity contribution in [2.24, 2.45) is 5.92 Å². The summed E-state index contributed by atoms with van der Waals surface area (Å²) in [5.41, 5.74) is 7.05. The van der Waals surface area contributed by atoms with Crippen molar-refractivity contribution in [3.63, 3.8) is 0 Å². The molecule has 202 valence electrons. The third-order valence-electron chi connectivity index (χ3n) is 7.48. The Morgan fingerprint density at radius 1 is 0.975 bits per heavy atom. The summed E-state index contributed by atoms with van der Waals surface area (Å²) in [4.78, 5) is 17.8. The molecule has 1 saturated heterocycles. The van der Waals surface area contributed by atoms with Crippen LogP contribution in [0.15, 0.2) is 79.0 Å². The van der Waals surface area contributed by atoms with E-state index in [9.17, 15) is 4.79 Å². The van der Waals surface area contributed by atoms with E-state index >= 15 is 0 Å². The molecule has 0 atom stereocenters. The Morgan fingerprint density at radius 3 is 2.48 bits per heavy atom. The van der Waals surface area contributed by atoms with Crippen LogP contribution in [0.25, 0.3) is 33.6 Å². The summed E-state index contributed by atoms with van der Waals surface area (Å²) in [6.45, 7) is 4.11. The van der Waals surface area contributed by atoms with Crippen LogP contribution in [-0.2, 0) is 17.7 Å². The monoisotopic (exact) mass is 532 g/mol. The van der Waals surface area contributed by atoms with Gasteiger partial charge in [0.1, 0.15) is 11.5 Å². The molecule has 5 aromatic rings. The number of aromatic nitrogens is 6. The van der Waals surface area contributed by atoms with Crippen molar-refractivity contribution in [2.75, 3.05) is 13.2 Å². The number of hydrogen-bond acceptors (Lipinski definition) is 6. The fourth-order valence-corrected chi connectivity index (χ4v) is 5.15. The molecule has 3 heterocycles. The molecule has 1 fully saturated rings. The van der Waals surface area contributed by atoms with Gasteiger partial charge in [-0.2, -0.15) is 5.21 Å². The van der Waals surface area contributed by atoms with Gasteiger partial charge in [0.05, 0.1) is 19.4 Å². The number of nitrogens with zero attached hydrogens (tertiary/aromatic N) is 5. The average molecular weight is 533 g/mol. The van der Waals surface area contributed by atoms with E-state index in [0.29, 0.717) is 43.6 Å². The maximum Gasteiger partial charge on any atom is 0.205 e. The smallest absolute Gasteiger partial charge is 0.205 e. The van der Waals surface area contributed by atoms with E-state index in [4.69, 9.17) is 4.74 Å². The zero-order valence-corrected chi connectivity index (χ0v) is 22.6. The van der Waals surface area contributed by atoms with Gasteiger partial charge in [0.15, 0.2) is 5.78 Å². The van der Waals surface area contributed by atoms with Crippen LogP contribution in [0.4, 0.5) is 0 Å². The fourth-order valence-electron chi connectivity index (χ4n) is 5.15. The van der Waals surface area contributed by atoms with Crippen molar-refractivity contribution >= 4 is 5.78 Å². The van der Waals surface area contributed by atoms with Crippen molar-refractivity contribution in [1.82, 2.24) is 30.2 Å². The second kappa shape index (κ2) is 11.8. The number of carbonyl (C=O) groups is 1. The standard InChI is InChI=1S/C32H32N6O2/c1-2-3-9-31-33-18-29(30(39)16-23-20-40-21-23)38(31)19-22-10-12-25(13-11-22)28-17-26(24-7-5-4-6-8-24)14-15-27(28)32-34-36-37-35-32/h4-8,10-15,17-18,23H,2-3,9,16,19-21H2,1H3,(H,34,35,36,37). The summed E-state index contributed by atoms with van der Waals surface area (Å²) in [5, 5.41) is 14.8. The van der Waals surface area contributed by atoms with Crippen molar-refractivity contribution < 1.29 is 9.53 Å². The fraction of sp³-hybridized carbons (Fsp3) is 0.281. The zero-order valence-electron chi connectivity index (χ0n) is 22.6. The molecule has 8 nitrogen and oxygen atoms in total. The predicted octanol–water partition coefficient (Wildman–Crippen LogP) is 6.01. The molecular weight excluding hydrogens is 500 g/mol. The highest BCUT2D eigenvalue weighted by molar-refractivity contribution is 5.94. The Bertz CT molecular complexity index is 1570. The third kappa shape index (κ3) is 5.49. The molecule has 3 aromatic carbocycles. The van der Waals surface area contributed by atoms with E-state index in [1.54, 1.807) is 6.20 Å². The number of tetrazole rings is 1. The van der Waals surface area contributed by atoms with Crippen LogP contribution in [0.5, 0.6) is 0 Å². The largest absolute Gasteiger partial charge is 0.381 e. The minimum Gasteiger partial charge on any atom is -0.381 e. The number of nitrogens with one attached hydrogen (secondary N) is 1. The van der Waals surface area contributed by atoms with E-state index in [-0.39, 0.29) is 5.78 Å². The predicted molar refractivity (Wildman–Crippen MR) is 154 cm³/mol. The highest BCUT2D eigenvalue weighted by Gasteiger charge is 2.25. The zero-order chi connectivity index (χ0) is 27.3. The molecule has 1 aliphatic heterocycles. The number of carbonyl (C=O) groups excluding carboxylic acids is 1. The number of rotatable bonds is 11. The summed E-state index contributed by atoms with van der Waals surface area (Å²) >= 11 is 0. The van der Waals surface area contributed by atoms with Gasteiger partial charge in [0.25, 0.3) is 0 Å². The molecule has 1 aliphatic rings. The van der Waals surface area contributed by atoms with Crippen LogP contribution in [0.2, 0.25) is 0 Å². The summed E-state index contributed by atoms with van der Waals surface area (Å²) in [7, 11) is 0. The first kappa shape index (κ1) is 25.8. The molecule has 0 amide bonds. The van der Waals surface area contributed by atoms with Crippen LogP contribution in [0, 0.1) is 5.92 Å². The molecule has 0 unspecified atom stereocenters. The van der Waals surface area contributed by atoms with E-state index in [1.165, 1.54) is 0 Å². The maximum atomic E-state index is 13.1. The molecule has 1 N–H and O–H groups in total. The second-order valence-electron chi connectivity index (χ2n) is 10.3. The van der Waals surface area contributed by atoms with E-state index in [1.807, 2.05) is 24.3 Å². The average Bonchev–Trinajstić information content (AvgIpc) is 3.65. The number of aryl methyl sites for hydroxylation is 1. The lowest BCUT2D eigenvalue weighted by molar-refractivity contribution is -0.0322. The Morgan fingerprint density at radius 2 is 1.77 bits per heavy atom. The maximum absolute atomic E-state index is 13.1. The molecule has 0 bridgehead atoms. The summed E-state index contributed by atoms with van der Waals surface area (Å²) in [6, 6.07) is 25.1. The van der Waals surface area contributed by atoms with Gasteiger partial charge in [-0.1, -0.05) is 74.0 Å². The van der Waals surface area contributed by atoms with Crippen LogP contribution in [-0.4, -0.2) is 49.2 Å². The lowest BCUT2D eigenvalue weighted by Crippen LogP contribution is -2.30. The van der Waals surface area contributed by atoms with Gasteiger partial charge >= 0.3 is 0 Å². The first-order valence-electron chi connectivity index (χ1n) is 13.9. The minimum atomic E-state index is 0.141. The summed E-state index contributed by atoms with van der Waals surface area (Å²) in [6.07, 6.45) is 5.24. The van der Waals surface area contributed by atoms with Gasteiger partial charge < -0.3 is 9.30 Å². The molecule has 0 radical (unpaired) electrons. The van der Waals surface area contributed by atoms with E-state index in [0.717, 1.165) is 58.5 Å². The van der Waals surface area contributed by atoms with Crippen molar-refractivity contribution in [3.8, 4) is 33.6 Å². The lowest BCUT2D eigenvalue weighted by Gasteiger charge is -2.25. The number of Topliss-reactive ketones (excluding diaryl/α,β-unsaturated/α-hetero) is 1. The molecule has 2 aromatic heterocycles. The second-order valence-corrected chi connectivity index (χ2v) is 10.3. The Hall–Kier alpha value is -4.43. The summed E-state index contributed by atoms with van der Waals surface area (Å²) < 4.78 is 7.38. The van der Waals surface area contributed by atoms with Gasteiger partial charge in [-0.15, -0.1) is 10.2 Å². The number of H-pyrrole nitrogens is 1. The number of hydrogen-bond donors (Lipinski definition) is 1. The van der Waals surface area contributed by atoms with Crippen molar-refractivity contribution in [1.29, 1.82) is 0 Å². The van der Waals surface area contributed by atoms with Crippen LogP contribution in [0.1, 0.15) is 48.1 Å². The summed E-state index contributed by atoms with van der Waals surface area (Å²) in [5.74, 6) is 1.98. The van der Waals surface area contributed by atoms with Crippen LogP contribution >= 0.6 is 0 Å². The number of unbranched alkanes of at least 4 members (excludes halogenated alkanes) is 1. The molecule has 0 aliphatic carbocycles. The van der Waals surface area contributed by atoms with Crippen LogP contribution < -0.4 is 0 Å². The first-order valence-corrected chi connectivity index (χ1v) is 13.9. The van der Waals surface area contributed by atoms with Gasteiger partial charge in [-0.3, -0.25) is 4.79 Å². The number of aromatic amines is 1.